The Hall–Kier alpha value is -2.67. The van der Waals surface area contributed by atoms with Gasteiger partial charge in [-0.1, -0.05) is 29.3 Å². The second kappa shape index (κ2) is 8.37. The molecule has 29 heavy (non-hydrogen) atoms. The molecule has 1 amide bonds. The first-order chi connectivity index (χ1) is 14.0. The standard InChI is InChI=1S/C21H13Cl2FN2O2S/c22-16-6-1-12(10-17(16)23)9-15-11-25-21(29-15)26-20(27)19-8-7-18(28-19)13-2-4-14(24)5-3-13/h1-8,10-11H,9H2,(H,25,26,27). The van der Waals surface area contributed by atoms with Crippen LogP contribution in [0.4, 0.5) is 9.52 Å². The Bertz CT molecular complexity index is 1170. The predicted octanol–water partition coefficient (Wildman–Crippen LogP) is 6.69. The third kappa shape index (κ3) is 4.67. The lowest BCUT2D eigenvalue weighted by molar-refractivity contribution is 0.0997. The van der Waals surface area contributed by atoms with Gasteiger partial charge in [0.05, 0.1) is 10.0 Å². The van der Waals surface area contributed by atoms with Crippen LogP contribution in [0, 0.1) is 5.82 Å². The quantitative estimate of drug-likeness (QED) is 0.371. The van der Waals surface area contributed by atoms with Gasteiger partial charge in [0, 0.05) is 23.1 Å². The average molecular weight is 447 g/mol. The number of furan rings is 1. The van der Waals surface area contributed by atoms with E-state index in [4.69, 9.17) is 27.6 Å². The molecule has 146 valence electrons. The Kier molecular flexibility index (Phi) is 5.67. The van der Waals surface area contributed by atoms with Gasteiger partial charge in [0.15, 0.2) is 10.9 Å². The fourth-order valence-corrected chi connectivity index (χ4v) is 3.85. The van der Waals surface area contributed by atoms with Crippen molar-refractivity contribution in [2.45, 2.75) is 6.42 Å². The summed E-state index contributed by atoms with van der Waals surface area (Å²) >= 11 is 13.3. The highest BCUT2D eigenvalue weighted by molar-refractivity contribution is 7.15. The molecule has 2 aromatic heterocycles. The van der Waals surface area contributed by atoms with Crippen LogP contribution >= 0.6 is 34.5 Å². The maximum absolute atomic E-state index is 13.0. The molecule has 0 aliphatic carbocycles. The van der Waals surface area contributed by atoms with Gasteiger partial charge in [-0.3, -0.25) is 10.1 Å². The summed E-state index contributed by atoms with van der Waals surface area (Å²) in [5.41, 5.74) is 1.68. The number of nitrogens with one attached hydrogen (secondary N) is 1. The molecule has 2 aromatic carbocycles. The largest absolute Gasteiger partial charge is 0.451 e. The molecule has 1 N–H and O–H groups in total. The first kappa shape index (κ1) is 19.6. The molecule has 0 aliphatic heterocycles. The molecule has 8 heteroatoms. The van der Waals surface area contributed by atoms with Crippen molar-refractivity contribution in [3.63, 3.8) is 0 Å². The van der Waals surface area contributed by atoms with E-state index in [9.17, 15) is 9.18 Å². The van der Waals surface area contributed by atoms with Gasteiger partial charge in [0.25, 0.3) is 5.91 Å². The van der Waals surface area contributed by atoms with Crippen LogP contribution in [0.25, 0.3) is 11.3 Å². The van der Waals surface area contributed by atoms with E-state index in [0.717, 1.165) is 10.4 Å². The maximum atomic E-state index is 13.0. The van der Waals surface area contributed by atoms with Crippen LogP contribution in [0.3, 0.4) is 0 Å². The Morgan fingerprint density at radius 2 is 1.86 bits per heavy atom. The van der Waals surface area contributed by atoms with Crippen LogP contribution < -0.4 is 5.32 Å². The molecular formula is C21H13Cl2FN2O2S. The van der Waals surface area contributed by atoms with Crippen LogP contribution in [0.1, 0.15) is 21.0 Å². The van der Waals surface area contributed by atoms with Crippen molar-refractivity contribution in [2.75, 3.05) is 5.32 Å². The fraction of sp³-hybridized carbons (Fsp3) is 0.0476. The summed E-state index contributed by atoms with van der Waals surface area (Å²) in [5.74, 6) is -0.118. The Morgan fingerprint density at radius 1 is 1.07 bits per heavy atom. The van der Waals surface area contributed by atoms with E-state index >= 15 is 0 Å². The number of thiazole rings is 1. The Morgan fingerprint density at radius 3 is 2.62 bits per heavy atom. The second-order valence-electron chi connectivity index (χ2n) is 6.18. The summed E-state index contributed by atoms with van der Waals surface area (Å²) < 4.78 is 18.6. The molecule has 4 nitrogen and oxygen atoms in total. The first-order valence-electron chi connectivity index (χ1n) is 8.54. The van der Waals surface area contributed by atoms with Crippen molar-refractivity contribution in [1.82, 2.24) is 4.98 Å². The lowest BCUT2D eigenvalue weighted by Crippen LogP contribution is -2.10. The number of hydrogen-bond acceptors (Lipinski definition) is 4. The zero-order chi connectivity index (χ0) is 20.4. The number of nitrogens with zero attached hydrogens (tertiary/aromatic N) is 1. The molecule has 0 saturated carbocycles. The highest BCUT2D eigenvalue weighted by atomic mass is 35.5. The van der Waals surface area contributed by atoms with Crippen molar-refractivity contribution < 1.29 is 13.6 Å². The van der Waals surface area contributed by atoms with Crippen molar-refractivity contribution in [3.8, 4) is 11.3 Å². The van der Waals surface area contributed by atoms with Crippen molar-refractivity contribution >= 4 is 45.6 Å². The molecule has 0 bridgehead atoms. The maximum Gasteiger partial charge on any atom is 0.293 e. The van der Waals surface area contributed by atoms with Crippen LogP contribution in [0.5, 0.6) is 0 Å². The van der Waals surface area contributed by atoms with Gasteiger partial charge in [-0.05, 0) is 54.1 Å². The summed E-state index contributed by atoms with van der Waals surface area (Å²) in [6, 6.07) is 14.5. The summed E-state index contributed by atoms with van der Waals surface area (Å²) in [7, 11) is 0. The van der Waals surface area contributed by atoms with E-state index in [1.54, 1.807) is 36.5 Å². The minimum absolute atomic E-state index is 0.144. The lowest BCUT2D eigenvalue weighted by atomic mass is 10.1. The molecule has 0 atom stereocenters. The second-order valence-corrected chi connectivity index (χ2v) is 8.11. The normalized spacial score (nSPS) is 10.9. The van der Waals surface area contributed by atoms with Crippen molar-refractivity contribution in [2.24, 2.45) is 0 Å². The minimum atomic E-state index is -0.409. The predicted molar refractivity (Wildman–Crippen MR) is 113 cm³/mol. The van der Waals surface area contributed by atoms with Crippen molar-refractivity contribution in [3.05, 3.63) is 92.9 Å². The molecule has 0 aliphatic rings. The first-order valence-corrected chi connectivity index (χ1v) is 10.1. The van der Waals surface area contributed by atoms with E-state index in [1.165, 1.54) is 23.5 Å². The smallest absolute Gasteiger partial charge is 0.293 e. The highest BCUT2D eigenvalue weighted by Crippen LogP contribution is 2.27. The van der Waals surface area contributed by atoms with Gasteiger partial charge >= 0.3 is 0 Å². The molecule has 2 heterocycles. The number of anilines is 1. The summed E-state index contributed by atoms with van der Waals surface area (Å²) in [5, 5.41) is 4.19. The molecular weight excluding hydrogens is 434 g/mol. The number of carbonyl (C=O) groups excluding carboxylic acids is 1. The summed E-state index contributed by atoms with van der Waals surface area (Å²) in [4.78, 5) is 17.6. The molecule has 0 unspecified atom stereocenters. The third-order valence-electron chi connectivity index (χ3n) is 4.09. The average Bonchev–Trinajstić information content (AvgIpc) is 3.35. The molecule has 0 radical (unpaired) electrons. The van der Waals surface area contributed by atoms with E-state index < -0.39 is 5.91 Å². The summed E-state index contributed by atoms with van der Waals surface area (Å²) in [6.07, 6.45) is 2.33. The van der Waals surface area contributed by atoms with Crippen LogP contribution in [-0.4, -0.2) is 10.9 Å². The Labute approximate surface area is 179 Å². The van der Waals surface area contributed by atoms with Crippen LogP contribution in [-0.2, 0) is 6.42 Å². The topological polar surface area (TPSA) is 55.1 Å². The van der Waals surface area contributed by atoms with Crippen molar-refractivity contribution in [1.29, 1.82) is 0 Å². The molecule has 4 aromatic rings. The number of halogens is 3. The minimum Gasteiger partial charge on any atom is -0.451 e. The van der Waals surface area contributed by atoms with Crippen LogP contribution in [0.2, 0.25) is 10.0 Å². The van der Waals surface area contributed by atoms with Gasteiger partial charge in [-0.2, -0.15) is 0 Å². The van der Waals surface area contributed by atoms with Crippen LogP contribution in [0.15, 0.2) is 65.2 Å². The number of hydrogen-bond donors (Lipinski definition) is 1. The monoisotopic (exact) mass is 446 g/mol. The van der Waals surface area contributed by atoms with E-state index in [-0.39, 0.29) is 11.6 Å². The highest BCUT2D eigenvalue weighted by Gasteiger charge is 2.14. The van der Waals surface area contributed by atoms with E-state index in [1.807, 2.05) is 12.1 Å². The molecule has 0 saturated heterocycles. The number of amides is 1. The number of carbonyl (C=O) groups is 1. The SMILES string of the molecule is O=C(Nc1ncc(Cc2ccc(Cl)c(Cl)c2)s1)c1ccc(-c2ccc(F)cc2)o1. The Balaban J connectivity index is 1.42. The molecule has 4 rings (SSSR count). The third-order valence-corrected chi connectivity index (χ3v) is 5.75. The number of benzene rings is 2. The molecule has 0 fully saturated rings. The zero-order valence-corrected chi connectivity index (χ0v) is 17.1. The van der Waals surface area contributed by atoms with Gasteiger partial charge in [-0.15, -0.1) is 11.3 Å². The number of aromatic nitrogens is 1. The van der Waals surface area contributed by atoms with E-state index in [2.05, 4.69) is 10.3 Å². The van der Waals surface area contributed by atoms with Gasteiger partial charge in [0.2, 0.25) is 0 Å². The van der Waals surface area contributed by atoms with Gasteiger partial charge < -0.3 is 4.42 Å². The zero-order valence-electron chi connectivity index (χ0n) is 14.8. The summed E-state index contributed by atoms with van der Waals surface area (Å²) in [6.45, 7) is 0. The number of rotatable bonds is 5. The van der Waals surface area contributed by atoms with Gasteiger partial charge in [-0.25, -0.2) is 9.37 Å². The van der Waals surface area contributed by atoms with Gasteiger partial charge in [0.1, 0.15) is 11.6 Å². The lowest BCUT2D eigenvalue weighted by Gasteiger charge is -2.01. The fourth-order valence-electron chi connectivity index (χ4n) is 2.69. The van der Waals surface area contributed by atoms with E-state index in [0.29, 0.717) is 32.9 Å². The molecule has 0 spiro atoms.